The molecule has 3 rings (SSSR count). The molecular weight excluding hydrogens is 346 g/mol. The van der Waals surface area contributed by atoms with E-state index in [2.05, 4.69) is 4.98 Å². The molecule has 1 saturated heterocycles. The third kappa shape index (κ3) is 3.77. The van der Waals surface area contributed by atoms with E-state index in [0.29, 0.717) is 62.7 Å². The van der Waals surface area contributed by atoms with Crippen LogP contribution in [0.4, 0.5) is 0 Å². The Balaban J connectivity index is 1.84. The van der Waals surface area contributed by atoms with Crippen LogP contribution in [-0.4, -0.2) is 52.5 Å². The molecule has 3 heterocycles. The zero-order valence-corrected chi connectivity index (χ0v) is 16.2. The summed E-state index contributed by atoms with van der Waals surface area (Å²) in [5, 5.41) is 0. The quantitative estimate of drug-likeness (QED) is 0.728. The van der Waals surface area contributed by atoms with Gasteiger partial charge in [-0.1, -0.05) is 6.92 Å². The molecule has 1 amide bonds. The topological polar surface area (TPSA) is 73.1 Å². The lowest BCUT2D eigenvalue weighted by molar-refractivity contribution is -0.149. The largest absolute Gasteiger partial charge is 0.490 e. The number of ether oxygens (including phenoxy) is 2. The van der Waals surface area contributed by atoms with Gasteiger partial charge in [-0.15, -0.1) is 0 Å². The molecule has 146 valence electrons. The number of carbonyl (C=O) groups excluding carboxylic acids is 2. The van der Waals surface area contributed by atoms with Gasteiger partial charge in [-0.05, 0) is 45.2 Å². The molecule has 0 saturated carbocycles. The minimum absolute atomic E-state index is 0.0460. The first-order valence-corrected chi connectivity index (χ1v) is 9.69. The Labute approximate surface area is 159 Å². The lowest BCUT2D eigenvalue weighted by Crippen LogP contribution is -2.41. The predicted molar refractivity (Wildman–Crippen MR) is 101 cm³/mol. The number of rotatable bonds is 6. The van der Waals surface area contributed by atoms with Crippen LogP contribution in [0.1, 0.15) is 49.8 Å². The number of aromatic nitrogens is 2. The molecule has 0 aliphatic carbocycles. The molecule has 7 nitrogen and oxygen atoms in total. The molecule has 7 heteroatoms. The van der Waals surface area contributed by atoms with Crippen LogP contribution in [-0.2, 0) is 16.0 Å². The van der Waals surface area contributed by atoms with Crippen molar-refractivity contribution < 1.29 is 19.1 Å². The van der Waals surface area contributed by atoms with Crippen LogP contribution in [0.2, 0.25) is 0 Å². The number of hydrogen-bond donors (Lipinski definition) is 0. The second-order valence-electron chi connectivity index (χ2n) is 6.58. The highest BCUT2D eigenvalue weighted by atomic mass is 16.5. The van der Waals surface area contributed by atoms with E-state index >= 15 is 0 Å². The second-order valence-corrected chi connectivity index (χ2v) is 6.58. The number of likely N-dealkylation sites (tertiary alicyclic amines) is 1. The summed E-state index contributed by atoms with van der Waals surface area (Å²) in [7, 11) is 0. The molecule has 0 atom stereocenters. The zero-order chi connectivity index (χ0) is 19.4. The summed E-state index contributed by atoms with van der Waals surface area (Å²) in [6.45, 7) is 7.75. The smallest absolute Gasteiger partial charge is 0.309 e. The molecule has 0 unspecified atom stereocenters. The summed E-state index contributed by atoms with van der Waals surface area (Å²) in [6, 6.07) is 3.73. The lowest BCUT2D eigenvalue weighted by atomic mass is 9.96. The van der Waals surface area contributed by atoms with E-state index in [1.165, 1.54) is 0 Å². The maximum Gasteiger partial charge on any atom is 0.309 e. The van der Waals surface area contributed by atoms with E-state index in [0.717, 1.165) is 5.69 Å². The lowest BCUT2D eigenvalue weighted by Gasteiger charge is -2.31. The Kier molecular flexibility index (Phi) is 5.98. The van der Waals surface area contributed by atoms with Crippen LogP contribution in [0, 0.1) is 5.92 Å². The monoisotopic (exact) mass is 373 g/mol. The molecule has 2 aromatic rings. The molecule has 27 heavy (non-hydrogen) atoms. The Bertz CT molecular complexity index is 822. The van der Waals surface area contributed by atoms with Crippen molar-refractivity contribution in [2.24, 2.45) is 5.92 Å². The minimum atomic E-state index is -0.157. The number of pyridine rings is 1. The molecule has 0 spiro atoms. The van der Waals surface area contributed by atoms with Crippen molar-refractivity contribution in [1.29, 1.82) is 0 Å². The van der Waals surface area contributed by atoms with Crippen LogP contribution < -0.4 is 4.74 Å². The van der Waals surface area contributed by atoms with Gasteiger partial charge in [0.2, 0.25) is 0 Å². The number of fused-ring (bicyclic) bond motifs is 1. The maximum absolute atomic E-state index is 13.2. The van der Waals surface area contributed by atoms with Crippen molar-refractivity contribution in [3.63, 3.8) is 0 Å². The van der Waals surface area contributed by atoms with Gasteiger partial charge >= 0.3 is 5.97 Å². The average molecular weight is 373 g/mol. The van der Waals surface area contributed by atoms with Gasteiger partial charge < -0.3 is 14.4 Å². The van der Waals surface area contributed by atoms with Crippen LogP contribution in [0.5, 0.6) is 5.75 Å². The number of nitrogens with zero attached hydrogens (tertiary/aromatic N) is 3. The van der Waals surface area contributed by atoms with E-state index in [1.807, 2.05) is 48.4 Å². The van der Waals surface area contributed by atoms with Crippen molar-refractivity contribution >= 4 is 17.5 Å². The van der Waals surface area contributed by atoms with Crippen molar-refractivity contribution in [1.82, 2.24) is 14.3 Å². The Morgan fingerprint density at radius 3 is 2.56 bits per heavy atom. The van der Waals surface area contributed by atoms with Crippen molar-refractivity contribution in [2.45, 2.75) is 40.0 Å². The number of amides is 1. The van der Waals surface area contributed by atoms with Gasteiger partial charge in [-0.25, -0.2) is 4.98 Å². The molecule has 0 radical (unpaired) electrons. The molecule has 0 bridgehead atoms. The first-order valence-electron chi connectivity index (χ1n) is 9.69. The second kappa shape index (κ2) is 8.41. The summed E-state index contributed by atoms with van der Waals surface area (Å²) in [4.78, 5) is 31.6. The summed E-state index contributed by atoms with van der Waals surface area (Å²) < 4.78 is 12.6. The molecule has 1 aliphatic rings. The molecule has 1 aliphatic heterocycles. The van der Waals surface area contributed by atoms with E-state index in [4.69, 9.17) is 9.47 Å². The Hall–Kier alpha value is -2.57. The Morgan fingerprint density at radius 2 is 1.93 bits per heavy atom. The van der Waals surface area contributed by atoms with Gasteiger partial charge in [0.05, 0.1) is 24.8 Å². The van der Waals surface area contributed by atoms with E-state index < -0.39 is 0 Å². The van der Waals surface area contributed by atoms with E-state index in [-0.39, 0.29) is 17.8 Å². The number of imidazole rings is 1. The summed E-state index contributed by atoms with van der Waals surface area (Å²) >= 11 is 0. The Morgan fingerprint density at radius 1 is 1.19 bits per heavy atom. The summed E-state index contributed by atoms with van der Waals surface area (Å²) in [5.41, 5.74) is 2.02. The normalized spacial score (nSPS) is 15.1. The first-order chi connectivity index (χ1) is 13.1. The highest BCUT2D eigenvalue weighted by Gasteiger charge is 2.31. The zero-order valence-electron chi connectivity index (χ0n) is 16.2. The van der Waals surface area contributed by atoms with Gasteiger partial charge in [0.25, 0.3) is 5.91 Å². The fraction of sp³-hybridized carbons (Fsp3) is 0.550. The highest BCUT2D eigenvalue weighted by molar-refractivity contribution is 5.95. The average Bonchev–Trinajstić information content (AvgIpc) is 3.07. The fourth-order valence-electron chi connectivity index (χ4n) is 3.56. The number of aryl methyl sites for hydroxylation is 1. The van der Waals surface area contributed by atoms with E-state index in [1.54, 1.807) is 0 Å². The van der Waals surface area contributed by atoms with Crippen molar-refractivity contribution in [3.05, 3.63) is 29.7 Å². The standard InChI is InChI=1S/C20H27N3O4/c1-4-15-17(23-11-7-8-16(26-5-2)18(23)21-15)19(24)22-12-9-14(10-13-22)20(25)27-6-3/h7-8,11,14H,4-6,9-10,12-13H2,1-3H3. The summed E-state index contributed by atoms with van der Waals surface area (Å²) in [6.07, 6.45) is 3.77. The highest BCUT2D eigenvalue weighted by Crippen LogP contribution is 2.26. The SMILES string of the molecule is CCOC(=O)C1CCN(C(=O)c2c(CC)nc3c(OCC)cccn23)CC1. The molecule has 0 aromatic carbocycles. The number of piperidine rings is 1. The maximum atomic E-state index is 13.2. The van der Waals surface area contributed by atoms with Crippen LogP contribution in [0.15, 0.2) is 18.3 Å². The molecular formula is C20H27N3O4. The van der Waals surface area contributed by atoms with E-state index in [9.17, 15) is 9.59 Å². The molecule has 1 fully saturated rings. The van der Waals surface area contributed by atoms with Crippen LogP contribution in [0.25, 0.3) is 5.65 Å². The molecule has 0 N–H and O–H groups in total. The fourth-order valence-corrected chi connectivity index (χ4v) is 3.56. The first kappa shape index (κ1) is 19.2. The summed E-state index contributed by atoms with van der Waals surface area (Å²) in [5.74, 6) is 0.353. The van der Waals surface area contributed by atoms with Gasteiger partial charge in [0.1, 0.15) is 5.69 Å². The van der Waals surface area contributed by atoms with Crippen LogP contribution >= 0.6 is 0 Å². The number of carbonyl (C=O) groups is 2. The van der Waals surface area contributed by atoms with Crippen LogP contribution in [0.3, 0.4) is 0 Å². The van der Waals surface area contributed by atoms with Crippen molar-refractivity contribution in [2.75, 3.05) is 26.3 Å². The van der Waals surface area contributed by atoms with Gasteiger partial charge in [-0.3, -0.25) is 14.0 Å². The van der Waals surface area contributed by atoms with Crippen molar-refractivity contribution in [3.8, 4) is 5.75 Å². The molecule has 2 aromatic heterocycles. The van der Waals surface area contributed by atoms with Gasteiger partial charge in [0.15, 0.2) is 11.4 Å². The predicted octanol–water partition coefficient (Wildman–Crippen LogP) is 2.71. The minimum Gasteiger partial charge on any atom is -0.490 e. The third-order valence-electron chi connectivity index (χ3n) is 4.93. The van der Waals surface area contributed by atoms with Gasteiger partial charge in [0, 0.05) is 19.3 Å². The van der Waals surface area contributed by atoms with Gasteiger partial charge in [-0.2, -0.15) is 0 Å². The number of hydrogen-bond acceptors (Lipinski definition) is 5. The number of esters is 1. The third-order valence-corrected chi connectivity index (χ3v) is 4.93.